The van der Waals surface area contributed by atoms with Crippen LogP contribution in [0.2, 0.25) is 0 Å². The first-order valence-corrected chi connectivity index (χ1v) is 5.37. The number of phenols is 1. The third-order valence-electron chi connectivity index (χ3n) is 2.12. The molecule has 0 unspecified atom stereocenters. The van der Waals surface area contributed by atoms with Crippen molar-refractivity contribution >= 4 is 5.97 Å². The predicted octanol–water partition coefficient (Wildman–Crippen LogP) is 1.43. The number of carbonyl (C=O) groups excluding carboxylic acids is 1. The highest BCUT2D eigenvalue weighted by molar-refractivity contribution is 5.69. The van der Waals surface area contributed by atoms with Crippen molar-refractivity contribution in [2.75, 3.05) is 13.2 Å². The first-order valence-electron chi connectivity index (χ1n) is 5.37. The number of ether oxygens (including phenoxy) is 1. The topological polar surface area (TPSA) is 58.6 Å². The summed E-state index contributed by atoms with van der Waals surface area (Å²) in [6.45, 7) is 3.30. The summed E-state index contributed by atoms with van der Waals surface area (Å²) in [6.07, 6.45) is 0.349. The van der Waals surface area contributed by atoms with Crippen LogP contribution in [0, 0.1) is 0 Å². The van der Waals surface area contributed by atoms with E-state index in [-0.39, 0.29) is 11.7 Å². The molecule has 4 heteroatoms. The van der Waals surface area contributed by atoms with Gasteiger partial charge in [-0.2, -0.15) is 0 Å². The molecule has 0 atom stereocenters. The zero-order valence-electron chi connectivity index (χ0n) is 9.40. The van der Waals surface area contributed by atoms with Crippen LogP contribution in [0.3, 0.4) is 0 Å². The van der Waals surface area contributed by atoms with Crippen molar-refractivity contribution in [3.63, 3.8) is 0 Å². The van der Waals surface area contributed by atoms with E-state index < -0.39 is 0 Å². The fraction of sp³-hybridized carbons (Fsp3) is 0.417. The fourth-order valence-electron chi connectivity index (χ4n) is 1.31. The highest BCUT2D eigenvalue weighted by atomic mass is 16.5. The monoisotopic (exact) mass is 223 g/mol. The fourth-order valence-corrected chi connectivity index (χ4v) is 1.31. The smallest absolute Gasteiger partial charge is 0.307 e. The molecule has 4 nitrogen and oxygen atoms in total. The molecule has 0 aliphatic carbocycles. The zero-order chi connectivity index (χ0) is 11.8. The van der Waals surface area contributed by atoms with Gasteiger partial charge in [-0.05, 0) is 13.0 Å². The lowest BCUT2D eigenvalue weighted by Gasteiger charge is -2.06. The molecule has 88 valence electrons. The Morgan fingerprint density at radius 3 is 2.88 bits per heavy atom. The van der Waals surface area contributed by atoms with Crippen LogP contribution >= 0.6 is 0 Å². The highest BCUT2D eigenvalue weighted by Gasteiger charge is 2.02. The van der Waals surface area contributed by atoms with E-state index in [1.54, 1.807) is 19.1 Å². The Hall–Kier alpha value is -1.55. The number of hydrogen-bond donors (Lipinski definition) is 2. The molecular weight excluding hydrogens is 206 g/mol. The summed E-state index contributed by atoms with van der Waals surface area (Å²) in [6, 6.07) is 7.12. The van der Waals surface area contributed by atoms with E-state index in [9.17, 15) is 9.90 Å². The van der Waals surface area contributed by atoms with E-state index in [1.165, 1.54) is 0 Å². The van der Waals surface area contributed by atoms with E-state index in [0.717, 1.165) is 5.56 Å². The number of benzene rings is 1. The van der Waals surface area contributed by atoms with Gasteiger partial charge in [-0.25, -0.2) is 0 Å². The SMILES string of the molecule is CCOC(=O)CCNCc1ccccc1O. The quantitative estimate of drug-likeness (QED) is 0.566. The Kier molecular flexibility index (Phi) is 5.36. The largest absolute Gasteiger partial charge is 0.508 e. The molecule has 0 saturated carbocycles. The van der Waals surface area contributed by atoms with Gasteiger partial charge in [0.05, 0.1) is 13.0 Å². The summed E-state index contributed by atoms with van der Waals surface area (Å²) in [5.41, 5.74) is 0.825. The van der Waals surface area contributed by atoms with Gasteiger partial charge < -0.3 is 15.2 Å². The molecule has 0 fully saturated rings. The van der Waals surface area contributed by atoms with E-state index in [0.29, 0.717) is 26.1 Å². The maximum atomic E-state index is 11.0. The minimum absolute atomic E-state index is 0.202. The number of para-hydroxylation sites is 1. The Morgan fingerprint density at radius 1 is 1.44 bits per heavy atom. The first-order chi connectivity index (χ1) is 7.74. The van der Waals surface area contributed by atoms with Crippen LogP contribution in [-0.4, -0.2) is 24.2 Å². The van der Waals surface area contributed by atoms with Crippen molar-refractivity contribution in [1.29, 1.82) is 0 Å². The lowest BCUT2D eigenvalue weighted by Crippen LogP contribution is -2.19. The van der Waals surface area contributed by atoms with E-state index in [1.807, 2.05) is 12.1 Å². The van der Waals surface area contributed by atoms with Crippen molar-refractivity contribution in [1.82, 2.24) is 5.32 Å². The van der Waals surface area contributed by atoms with Crippen LogP contribution in [-0.2, 0) is 16.1 Å². The average molecular weight is 223 g/mol. The van der Waals surface area contributed by atoms with Crippen LogP contribution in [0.1, 0.15) is 18.9 Å². The maximum Gasteiger partial charge on any atom is 0.307 e. The number of esters is 1. The number of carbonyl (C=O) groups is 1. The lowest BCUT2D eigenvalue weighted by atomic mass is 10.2. The van der Waals surface area contributed by atoms with E-state index in [4.69, 9.17) is 4.74 Å². The van der Waals surface area contributed by atoms with Crippen LogP contribution in [0.15, 0.2) is 24.3 Å². The molecule has 1 aromatic carbocycles. The molecule has 0 bridgehead atoms. The summed E-state index contributed by atoms with van der Waals surface area (Å²) in [7, 11) is 0. The van der Waals surface area contributed by atoms with E-state index in [2.05, 4.69) is 5.32 Å². The molecule has 0 saturated heterocycles. The third-order valence-corrected chi connectivity index (χ3v) is 2.12. The molecule has 0 spiro atoms. The molecule has 0 aromatic heterocycles. The summed E-state index contributed by atoms with van der Waals surface area (Å²) >= 11 is 0. The minimum atomic E-state index is -0.202. The normalized spacial score (nSPS) is 10.1. The van der Waals surface area contributed by atoms with Gasteiger partial charge in [0, 0.05) is 18.7 Å². The van der Waals surface area contributed by atoms with Gasteiger partial charge in [0.25, 0.3) is 0 Å². The van der Waals surface area contributed by atoms with Gasteiger partial charge in [-0.1, -0.05) is 18.2 Å². The second-order valence-electron chi connectivity index (χ2n) is 3.36. The van der Waals surface area contributed by atoms with E-state index >= 15 is 0 Å². The van der Waals surface area contributed by atoms with Gasteiger partial charge in [0.1, 0.15) is 5.75 Å². The molecule has 1 rings (SSSR count). The third kappa shape index (κ3) is 4.31. The molecule has 0 amide bonds. The Labute approximate surface area is 95.2 Å². The predicted molar refractivity (Wildman–Crippen MR) is 61.1 cm³/mol. The van der Waals surface area contributed by atoms with Gasteiger partial charge in [-0.3, -0.25) is 4.79 Å². The molecule has 0 heterocycles. The lowest BCUT2D eigenvalue weighted by molar-refractivity contribution is -0.142. The standard InChI is InChI=1S/C12H17NO3/c1-2-16-12(15)7-8-13-9-10-5-3-4-6-11(10)14/h3-6,13-14H,2,7-9H2,1H3. The number of rotatable bonds is 6. The highest BCUT2D eigenvalue weighted by Crippen LogP contribution is 2.14. The number of hydrogen-bond acceptors (Lipinski definition) is 4. The second kappa shape index (κ2) is 6.85. The minimum Gasteiger partial charge on any atom is -0.508 e. The van der Waals surface area contributed by atoms with Crippen molar-refractivity contribution in [2.45, 2.75) is 19.9 Å². The van der Waals surface area contributed by atoms with Gasteiger partial charge in [0.2, 0.25) is 0 Å². The molecule has 2 N–H and O–H groups in total. The molecule has 0 aliphatic heterocycles. The molecule has 0 aliphatic rings. The summed E-state index contributed by atoms with van der Waals surface area (Å²) < 4.78 is 4.79. The summed E-state index contributed by atoms with van der Waals surface area (Å²) in [5.74, 6) is 0.0680. The maximum absolute atomic E-state index is 11.0. The van der Waals surface area contributed by atoms with Crippen LogP contribution in [0.5, 0.6) is 5.75 Å². The van der Waals surface area contributed by atoms with Crippen LogP contribution in [0.4, 0.5) is 0 Å². The number of phenolic OH excluding ortho intramolecular Hbond substituents is 1. The van der Waals surface area contributed by atoms with Crippen molar-refractivity contribution < 1.29 is 14.6 Å². The Balaban J connectivity index is 2.21. The number of nitrogens with one attached hydrogen (secondary N) is 1. The van der Waals surface area contributed by atoms with Gasteiger partial charge >= 0.3 is 5.97 Å². The van der Waals surface area contributed by atoms with Gasteiger partial charge in [0.15, 0.2) is 0 Å². The van der Waals surface area contributed by atoms with Crippen LogP contribution < -0.4 is 5.32 Å². The molecule has 16 heavy (non-hydrogen) atoms. The summed E-state index contributed by atoms with van der Waals surface area (Å²) in [4.78, 5) is 11.0. The number of aromatic hydroxyl groups is 1. The van der Waals surface area contributed by atoms with Crippen LogP contribution in [0.25, 0.3) is 0 Å². The Bertz CT molecular complexity index is 339. The molecule has 1 aromatic rings. The van der Waals surface area contributed by atoms with Crippen molar-refractivity contribution in [2.24, 2.45) is 0 Å². The second-order valence-corrected chi connectivity index (χ2v) is 3.36. The average Bonchev–Trinajstić information content (AvgIpc) is 2.27. The zero-order valence-corrected chi connectivity index (χ0v) is 9.40. The van der Waals surface area contributed by atoms with Gasteiger partial charge in [-0.15, -0.1) is 0 Å². The first kappa shape index (κ1) is 12.5. The Morgan fingerprint density at radius 2 is 2.19 bits per heavy atom. The van der Waals surface area contributed by atoms with Crippen molar-refractivity contribution in [3.8, 4) is 5.75 Å². The molecule has 0 radical (unpaired) electrons. The van der Waals surface area contributed by atoms with Crippen molar-refractivity contribution in [3.05, 3.63) is 29.8 Å². The summed E-state index contributed by atoms with van der Waals surface area (Å²) in [5, 5.41) is 12.5. The molecular formula is C12H17NO3.